The topological polar surface area (TPSA) is 116 Å². The first-order chi connectivity index (χ1) is 13.4. The smallest absolute Gasteiger partial charge is 0.270 e. The molecule has 0 atom stereocenters. The molecule has 2 aromatic rings. The van der Waals surface area contributed by atoms with Gasteiger partial charge in [0.15, 0.2) is 5.79 Å². The van der Waals surface area contributed by atoms with Crippen LogP contribution in [0.3, 0.4) is 0 Å². The number of ether oxygens (including phenoxy) is 2. The third-order valence-electron chi connectivity index (χ3n) is 4.02. The van der Waals surface area contributed by atoms with Gasteiger partial charge >= 0.3 is 0 Å². The zero-order chi connectivity index (χ0) is 20.1. The van der Waals surface area contributed by atoms with E-state index in [1.807, 2.05) is 0 Å². The van der Waals surface area contributed by atoms with E-state index in [0.29, 0.717) is 35.3 Å². The molecule has 1 aliphatic rings. The number of carbonyl (C=O) groups is 1. The molecule has 0 aliphatic carbocycles. The molecule has 1 aromatic carbocycles. The molecule has 1 saturated heterocycles. The van der Waals surface area contributed by atoms with Crippen LogP contribution in [0.15, 0.2) is 39.9 Å². The first-order valence-electron chi connectivity index (χ1n) is 8.50. The largest absolute Gasteiger partial charge is 0.455 e. The lowest BCUT2D eigenvalue weighted by Crippen LogP contribution is -2.41. The highest BCUT2D eigenvalue weighted by Crippen LogP contribution is 2.32. The van der Waals surface area contributed by atoms with Crippen molar-refractivity contribution in [2.45, 2.75) is 25.6 Å². The van der Waals surface area contributed by atoms with Crippen LogP contribution in [0.5, 0.6) is 0 Å². The number of nitro benzene ring substituents is 1. The van der Waals surface area contributed by atoms with Gasteiger partial charge in [0, 0.05) is 17.7 Å². The van der Waals surface area contributed by atoms with Crippen LogP contribution in [-0.2, 0) is 14.3 Å². The molecule has 1 N–H and O–H groups in total. The molecule has 0 saturated carbocycles. The first kappa shape index (κ1) is 20.0. The van der Waals surface area contributed by atoms with E-state index in [-0.39, 0.29) is 18.0 Å². The molecule has 0 unspecified atom stereocenters. The van der Waals surface area contributed by atoms with E-state index in [9.17, 15) is 14.9 Å². The number of benzene rings is 1. The van der Waals surface area contributed by atoms with Crippen molar-refractivity contribution in [3.63, 3.8) is 0 Å². The lowest BCUT2D eigenvalue weighted by molar-refractivity contribution is -0.384. The van der Waals surface area contributed by atoms with Gasteiger partial charge in [0.2, 0.25) is 5.91 Å². The maximum atomic E-state index is 12.0. The zero-order valence-corrected chi connectivity index (χ0v) is 15.8. The lowest BCUT2D eigenvalue weighted by atomic mass is 10.1. The molecule has 0 radical (unpaired) electrons. The molecule has 1 amide bonds. The van der Waals surface area contributed by atoms with Crippen LogP contribution in [0.4, 0.5) is 5.69 Å². The van der Waals surface area contributed by atoms with E-state index in [4.69, 9.17) is 25.5 Å². The van der Waals surface area contributed by atoms with Gasteiger partial charge in [0.05, 0.1) is 35.8 Å². The number of hydrazone groups is 1. The summed E-state index contributed by atoms with van der Waals surface area (Å²) in [7, 11) is 0. The Morgan fingerprint density at radius 2 is 2.11 bits per heavy atom. The van der Waals surface area contributed by atoms with Crippen molar-refractivity contribution in [3.05, 3.63) is 51.2 Å². The average molecular weight is 408 g/mol. The highest BCUT2D eigenvalue weighted by Gasteiger charge is 2.31. The van der Waals surface area contributed by atoms with Gasteiger partial charge in [0.25, 0.3) is 5.69 Å². The number of nitro groups is 1. The van der Waals surface area contributed by atoms with Crippen molar-refractivity contribution in [2.75, 3.05) is 13.2 Å². The Kier molecular flexibility index (Phi) is 6.08. The van der Waals surface area contributed by atoms with E-state index in [1.54, 1.807) is 19.1 Å². The minimum Gasteiger partial charge on any atom is -0.455 e. The third kappa shape index (κ3) is 4.94. The summed E-state index contributed by atoms with van der Waals surface area (Å²) in [6.07, 6.45) is 2.12. The van der Waals surface area contributed by atoms with Crippen LogP contribution >= 0.6 is 11.6 Å². The maximum absolute atomic E-state index is 12.0. The molecule has 28 heavy (non-hydrogen) atoms. The molecule has 3 rings (SSSR count). The molecule has 0 bridgehead atoms. The number of rotatable bonds is 6. The molecule has 148 valence electrons. The fourth-order valence-electron chi connectivity index (χ4n) is 2.66. The third-order valence-corrected chi connectivity index (χ3v) is 4.35. The van der Waals surface area contributed by atoms with E-state index >= 15 is 0 Å². The molecule has 2 heterocycles. The summed E-state index contributed by atoms with van der Waals surface area (Å²) in [6, 6.07) is 7.29. The SMILES string of the molecule is CC1(CC(=O)N/N=C/c2ccc(-c3cc([N+](=O)[O-])ccc3Cl)o2)OCCCO1. The van der Waals surface area contributed by atoms with Crippen LogP contribution in [0.1, 0.15) is 25.5 Å². The summed E-state index contributed by atoms with van der Waals surface area (Å²) in [5.74, 6) is -0.629. The number of hydrogen-bond donors (Lipinski definition) is 1. The van der Waals surface area contributed by atoms with E-state index < -0.39 is 10.7 Å². The zero-order valence-electron chi connectivity index (χ0n) is 15.0. The molecule has 1 fully saturated rings. The number of hydrogen-bond acceptors (Lipinski definition) is 7. The van der Waals surface area contributed by atoms with Gasteiger partial charge in [-0.25, -0.2) is 5.43 Å². The molecule has 1 aromatic heterocycles. The van der Waals surface area contributed by atoms with Crippen molar-refractivity contribution >= 4 is 29.4 Å². The summed E-state index contributed by atoms with van der Waals surface area (Å²) >= 11 is 6.10. The molecular weight excluding hydrogens is 390 g/mol. The molecule has 9 nitrogen and oxygen atoms in total. The van der Waals surface area contributed by atoms with Gasteiger partial charge < -0.3 is 13.9 Å². The minimum absolute atomic E-state index is 0.0109. The van der Waals surface area contributed by atoms with E-state index in [1.165, 1.54) is 24.4 Å². The minimum atomic E-state index is -0.950. The lowest BCUT2D eigenvalue weighted by Gasteiger charge is -2.33. The Morgan fingerprint density at radius 3 is 2.82 bits per heavy atom. The van der Waals surface area contributed by atoms with E-state index in [0.717, 1.165) is 6.42 Å². The number of non-ortho nitro benzene ring substituents is 1. The fraction of sp³-hybridized carbons (Fsp3) is 0.333. The normalized spacial score (nSPS) is 16.2. The van der Waals surface area contributed by atoms with Crippen LogP contribution in [0.2, 0.25) is 5.02 Å². The van der Waals surface area contributed by atoms with E-state index in [2.05, 4.69) is 10.5 Å². The molecular formula is C18H18ClN3O6. The summed E-state index contributed by atoms with van der Waals surface area (Å²) in [5.41, 5.74) is 2.67. The summed E-state index contributed by atoms with van der Waals surface area (Å²) in [6.45, 7) is 2.79. The highest BCUT2D eigenvalue weighted by molar-refractivity contribution is 6.33. The summed E-state index contributed by atoms with van der Waals surface area (Å²) in [4.78, 5) is 22.4. The predicted octanol–water partition coefficient (Wildman–Crippen LogP) is 3.50. The molecule has 1 aliphatic heterocycles. The number of halogens is 1. The molecule has 10 heteroatoms. The summed E-state index contributed by atoms with van der Waals surface area (Å²) in [5, 5.41) is 15.1. The van der Waals surface area contributed by atoms with Gasteiger partial charge in [-0.05, 0) is 31.5 Å². The second-order valence-corrected chi connectivity index (χ2v) is 6.68. The first-order valence-corrected chi connectivity index (χ1v) is 8.88. The number of amides is 1. The Hall–Kier alpha value is -2.75. The fourth-order valence-corrected chi connectivity index (χ4v) is 2.87. The average Bonchev–Trinajstić information content (AvgIpc) is 3.10. The van der Waals surface area contributed by atoms with Gasteiger partial charge in [-0.3, -0.25) is 14.9 Å². The van der Waals surface area contributed by atoms with Crippen molar-refractivity contribution < 1.29 is 23.6 Å². The Balaban J connectivity index is 1.62. The number of nitrogens with zero attached hydrogens (tertiary/aromatic N) is 2. The van der Waals surface area contributed by atoms with Gasteiger partial charge in [-0.15, -0.1) is 0 Å². The number of carbonyl (C=O) groups excluding carboxylic acids is 1. The van der Waals surface area contributed by atoms with Crippen molar-refractivity contribution in [1.29, 1.82) is 0 Å². The Morgan fingerprint density at radius 1 is 1.36 bits per heavy atom. The maximum Gasteiger partial charge on any atom is 0.270 e. The number of furan rings is 1. The van der Waals surface area contributed by atoms with Crippen molar-refractivity contribution in [3.8, 4) is 11.3 Å². The van der Waals surface area contributed by atoms with Gasteiger partial charge in [0.1, 0.15) is 11.5 Å². The quantitative estimate of drug-likeness (QED) is 0.445. The van der Waals surface area contributed by atoms with Crippen LogP contribution in [0, 0.1) is 10.1 Å². The van der Waals surface area contributed by atoms with Crippen LogP contribution < -0.4 is 5.43 Å². The Bertz CT molecular complexity index is 904. The van der Waals surface area contributed by atoms with Gasteiger partial charge in [-0.2, -0.15) is 5.10 Å². The van der Waals surface area contributed by atoms with Gasteiger partial charge in [-0.1, -0.05) is 11.6 Å². The van der Waals surface area contributed by atoms with Crippen LogP contribution in [-0.4, -0.2) is 36.0 Å². The monoisotopic (exact) mass is 407 g/mol. The van der Waals surface area contributed by atoms with Crippen molar-refractivity contribution in [1.82, 2.24) is 5.43 Å². The highest BCUT2D eigenvalue weighted by atomic mass is 35.5. The Labute approximate surface area is 165 Å². The second kappa shape index (κ2) is 8.51. The number of nitrogens with one attached hydrogen (secondary N) is 1. The molecule has 0 spiro atoms. The predicted molar refractivity (Wildman–Crippen MR) is 101 cm³/mol. The standard InChI is InChI=1S/C18H18ClN3O6/c1-18(26-7-2-8-27-18)10-17(23)21-20-11-13-4-6-16(28-13)14-9-12(22(24)25)3-5-15(14)19/h3-6,9,11H,2,7-8,10H2,1H3,(H,21,23)/b20-11+. The van der Waals surface area contributed by atoms with Crippen LogP contribution in [0.25, 0.3) is 11.3 Å². The van der Waals surface area contributed by atoms with Crippen molar-refractivity contribution in [2.24, 2.45) is 5.10 Å². The summed E-state index contributed by atoms with van der Waals surface area (Å²) < 4.78 is 16.5. The second-order valence-electron chi connectivity index (χ2n) is 6.28.